The van der Waals surface area contributed by atoms with Gasteiger partial charge in [-0.1, -0.05) is 0 Å². The van der Waals surface area contributed by atoms with Gasteiger partial charge in [0, 0.05) is 36.6 Å². The molecule has 1 aliphatic carbocycles. The van der Waals surface area contributed by atoms with Crippen LogP contribution in [-0.4, -0.2) is 42.4 Å². The Morgan fingerprint density at radius 2 is 2.08 bits per heavy atom. The molecule has 0 spiro atoms. The van der Waals surface area contributed by atoms with Crippen molar-refractivity contribution in [3.05, 3.63) is 34.1 Å². The molecule has 1 saturated carbocycles. The maximum Gasteiger partial charge on any atom is 0.252 e. The van der Waals surface area contributed by atoms with Crippen LogP contribution in [0.4, 0.5) is 4.39 Å². The van der Waals surface area contributed by atoms with Gasteiger partial charge >= 0.3 is 0 Å². The predicted octanol–water partition coefficient (Wildman–Crippen LogP) is 2.33. The zero-order chi connectivity index (χ0) is 17.3. The Kier molecular flexibility index (Phi) is 6.82. The summed E-state index contributed by atoms with van der Waals surface area (Å²) in [5, 5.41) is 2.67. The minimum Gasteiger partial charge on any atom is -0.351 e. The van der Waals surface area contributed by atoms with Gasteiger partial charge in [-0.3, -0.25) is 9.59 Å². The number of amides is 2. The van der Waals surface area contributed by atoms with Gasteiger partial charge in [0.2, 0.25) is 5.91 Å². The van der Waals surface area contributed by atoms with E-state index in [-0.39, 0.29) is 42.9 Å². The van der Waals surface area contributed by atoms with E-state index in [0.717, 1.165) is 25.9 Å². The molecule has 8 heteroatoms. The SMILES string of the molecule is Cl.NC1CCC2CN(C(=O)CCNC(=O)c3cc(F)ccc3Br)CC12. The van der Waals surface area contributed by atoms with E-state index in [2.05, 4.69) is 21.2 Å². The lowest BCUT2D eigenvalue weighted by Gasteiger charge is -2.19. The monoisotopic (exact) mass is 433 g/mol. The van der Waals surface area contributed by atoms with Crippen LogP contribution in [0.5, 0.6) is 0 Å². The first-order chi connectivity index (χ1) is 11.5. The van der Waals surface area contributed by atoms with E-state index in [9.17, 15) is 14.0 Å². The largest absolute Gasteiger partial charge is 0.351 e. The molecule has 1 saturated heterocycles. The average molecular weight is 435 g/mol. The minimum absolute atomic E-state index is 0. The van der Waals surface area contributed by atoms with Crippen LogP contribution in [0, 0.1) is 17.7 Å². The third-order valence-corrected chi connectivity index (χ3v) is 5.75. The molecule has 138 valence electrons. The molecular weight excluding hydrogens is 413 g/mol. The Labute approximate surface area is 161 Å². The van der Waals surface area contributed by atoms with Crippen molar-refractivity contribution in [1.29, 1.82) is 0 Å². The topological polar surface area (TPSA) is 75.4 Å². The summed E-state index contributed by atoms with van der Waals surface area (Å²) in [5.41, 5.74) is 6.31. The summed E-state index contributed by atoms with van der Waals surface area (Å²) in [6.45, 7) is 1.74. The van der Waals surface area contributed by atoms with Gasteiger partial charge in [-0.25, -0.2) is 4.39 Å². The van der Waals surface area contributed by atoms with Crippen molar-refractivity contribution in [1.82, 2.24) is 10.2 Å². The van der Waals surface area contributed by atoms with Gasteiger partial charge < -0.3 is 16.0 Å². The first-order valence-electron chi connectivity index (χ1n) is 8.22. The highest BCUT2D eigenvalue weighted by Crippen LogP contribution is 2.37. The molecule has 3 N–H and O–H groups in total. The van der Waals surface area contributed by atoms with Crippen molar-refractivity contribution in [2.24, 2.45) is 17.6 Å². The highest BCUT2D eigenvalue weighted by molar-refractivity contribution is 9.10. The molecular formula is C17H22BrClFN3O2. The van der Waals surface area contributed by atoms with Crippen LogP contribution in [0.1, 0.15) is 29.6 Å². The number of halogens is 3. The Bertz CT molecular complexity index is 661. The molecule has 25 heavy (non-hydrogen) atoms. The first kappa shape index (κ1) is 20.1. The number of hydrogen-bond donors (Lipinski definition) is 2. The van der Waals surface area contributed by atoms with Crippen LogP contribution in [0.3, 0.4) is 0 Å². The highest BCUT2D eigenvalue weighted by atomic mass is 79.9. The molecule has 3 rings (SSSR count). The molecule has 3 atom stereocenters. The highest BCUT2D eigenvalue weighted by Gasteiger charge is 2.42. The van der Waals surface area contributed by atoms with Gasteiger partial charge in [-0.2, -0.15) is 0 Å². The van der Waals surface area contributed by atoms with Crippen molar-refractivity contribution in [2.45, 2.75) is 25.3 Å². The van der Waals surface area contributed by atoms with E-state index >= 15 is 0 Å². The zero-order valence-electron chi connectivity index (χ0n) is 13.7. The molecule has 1 aliphatic heterocycles. The maximum atomic E-state index is 13.2. The Hall–Kier alpha value is -1.18. The average Bonchev–Trinajstić information content (AvgIpc) is 3.12. The summed E-state index contributed by atoms with van der Waals surface area (Å²) < 4.78 is 13.8. The fourth-order valence-corrected chi connectivity index (χ4v) is 4.15. The molecule has 2 fully saturated rings. The summed E-state index contributed by atoms with van der Waals surface area (Å²) >= 11 is 3.22. The Morgan fingerprint density at radius 3 is 2.80 bits per heavy atom. The molecule has 2 aliphatic rings. The van der Waals surface area contributed by atoms with Crippen LogP contribution in [0.2, 0.25) is 0 Å². The van der Waals surface area contributed by atoms with E-state index < -0.39 is 11.7 Å². The molecule has 0 bridgehead atoms. The molecule has 1 aromatic carbocycles. The van der Waals surface area contributed by atoms with E-state index in [1.165, 1.54) is 18.2 Å². The van der Waals surface area contributed by atoms with Gasteiger partial charge in [-0.15, -0.1) is 12.4 Å². The van der Waals surface area contributed by atoms with Crippen molar-refractivity contribution >= 4 is 40.2 Å². The number of benzene rings is 1. The van der Waals surface area contributed by atoms with E-state index in [1.54, 1.807) is 0 Å². The molecule has 2 amide bonds. The van der Waals surface area contributed by atoms with Gasteiger partial charge in [-0.05, 0) is 58.8 Å². The standard InChI is InChI=1S/C17H21BrFN3O2.ClH/c18-14-3-2-11(19)7-12(14)17(24)21-6-5-16(23)22-8-10-1-4-15(20)13(10)9-22;/h2-3,7,10,13,15H,1,4-6,8-9,20H2,(H,21,24);1H. The molecule has 5 nitrogen and oxygen atoms in total. The van der Waals surface area contributed by atoms with Crippen LogP contribution in [0.25, 0.3) is 0 Å². The summed E-state index contributed by atoms with van der Waals surface area (Å²) in [5.74, 6) is 0.123. The fraction of sp³-hybridized carbons (Fsp3) is 0.529. The van der Waals surface area contributed by atoms with Crippen LogP contribution < -0.4 is 11.1 Å². The molecule has 1 aromatic rings. The summed E-state index contributed by atoms with van der Waals surface area (Å²) in [6, 6.07) is 4.14. The molecule has 1 heterocycles. The van der Waals surface area contributed by atoms with Gasteiger partial charge in [0.05, 0.1) is 5.56 Å². The maximum absolute atomic E-state index is 13.2. The van der Waals surface area contributed by atoms with Crippen molar-refractivity contribution < 1.29 is 14.0 Å². The first-order valence-corrected chi connectivity index (χ1v) is 9.01. The second-order valence-electron chi connectivity index (χ2n) is 6.59. The zero-order valence-corrected chi connectivity index (χ0v) is 16.1. The van der Waals surface area contributed by atoms with Crippen molar-refractivity contribution in [2.75, 3.05) is 19.6 Å². The number of carbonyl (C=O) groups is 2. The quantitative estimate of drug-likeness (QED) is 0.764. The summed E-state index contributed by atoms with van der Waals surface area (Å²) in [6.07, 6.45) is 2.39. The van der Waals surface area contributed by atoms with Crippen LogP contribution in [-0.2, 0) is 4.79 Å². The fourth-order valence-electron chi connectivity index (χ4n) is 3.72. The van der Waals surface area contributed by atoms with Crippen LogP contribution in [0.15, 0.2) is 22.7 Å². The predicted molar refractivity (Wildman–Crippen MR) is 99.1 cm³/mol. The van der Waals surface area contributed by atoms with Gasteiger partial charge in [0.15, 0.2) is 0 Å². The number of nitrogens with one attached hydrogen (secondary N) is 1. The van der Waals surface area contributed by atoms with Gasteiger partial charge in [0.1, 0.15) is 5.82 Å². The molecule has 0 aromatic heterocycles. The molecule has 3 unspecified atom stereocenters. The van der Waals surface area contributed by atoms with Crippen LogP contribution >= 0.6 is 28.3 Å². The number of hydrogen-bond acceptors (Lipinski definition) is 3. The Morgan fingerprint density at radius 1 is 1.32 bits per heavy atom. The minimum atomic E-state index is -0.473. The number of carbonyl (C=O) groups excluding carboxylic acids is 2. The normalized spacial score (nSPS) is 24.6. The lowest BCUT2D eigenvalue weighted by Crippen LogP contribution is -2.35. The third kappa shape index (κ3) is 4.51. The van der Waals surface area contributed by atoms with E-state index in [4.69, 9.17) is 5.73 Å². The van der Waals surface area contributed by atoms with Gasteiger partial charge in [0.25, 0.3) is 5.91 Å². The summed E-state index contributed by atoms with van der Waals surface area (Å²) in [4.78, 5) is 26.2. The number of rotatable bonds is 4. The Balaban J connectivity index is 0.00000225. The summed E-state index contributed by atoms with van der Waals surface area (Å²) in [7, 11) is 0. The second kappa shape index (κ2) is 8.47. The lowest BCUT2D eigenvalue weighted by atomic mass is 9.98. The number of nitrogens with zero attached hydrogens (tertiary/aromatic N) is 1. The van der Waals surface area contributed by atoms with E-state index in [0.29, 0.717) is 16.3 Å². The van der Waals surface area contributed by atoms with Crippen molar-refractivity contribution in [3.63, 3.8) is 0 Å². The lowest BCUT2D eigenvalue weighted by molar-refractivity contribution is -0.130. The molecule has 0 radical (unpaired) electrons. The number of likely N-dealkylation sites (tertiary alicyclic amines) is 1. The van der Waals surface area contributed by atoms with Crippen molar-refractivity contribution in [3.8, 4) is 0 Å². The number of nitrogens with two attached hydrogens (primary N) is 1. The van der Waals surface area contributed by atoms with E-state index in [1.807, 2.05) is 4.90 Å². The second-order valence-corrected chi connectivity index (χ2v) is 7.45. The number of fused-ring (bicyclic) bond motifs is 1. The third-order valence-electron chi connectivity index (χ3n) is 5.06. The smallest absolute Gasteiger partial charge is 0.252 e.